The second-order valence-corrected chi connectivity index (χ2v) is 4.27. The van der Waals surface area contributed by atoms with Gasteiger partial charge < -0.3 is 10.2 Å². The van der Waals surface area contributed by atoms with Crippen molar-refractivity contribution in [3.8, 4) is 0 Å². The standard InChI is InChI=1S/C11H17NO2/c13-9-7-10(4-3-8-12-10)11(14)5-1-2-6-11/h3-4,8,13-14H,1-2,5-7,9H2. The van der Waals surface area contributed by atoms with Crippen LogP contribution in [0.3, 0.4) is 0 Å². The smallest absolute Gasteiger partial charge is 0.110 e. The molecule has 1 atom stereocenters. The van der Waals surface area contributed by atoms with Gasteiger partial charge in [-0.25, -0.2) is 0 Å². The summed E-state index contributed by atoms with van der Waals surface area (Å²) < 4.78 is 0. The van der Waals surface area contributed by atoms with Crippen molar-refractivity contribution in [1.29, 1.82) is 0 Å². The molecule has 0 aromatic rings. The van der Waals surface area contributed by atoms with E-state index in [0.29, 0.717) is 6.42 Å². The first-order valence-electron chi connectivity index (χ1n) is 5.29. The third-order valence-corrected chi connectivity index (χ3v) is 3.49. The van der Waals surface area contributed by atoms with Crippen molar-refractivity contribution < 1.29 is 10.2 Å². The van der Waals surface area contributed by atoms with Gasteiger partial charge in [0, 0.05) is 19.2 Å². The fraction of sp³-hybridized carbons (Fsp3) is 0.727. The highest BCUT2D eigenvalue weighted by Gasteiger charge is 2.50. The van der Waals surface area contributed by atoms with Crippen LogP contribution in [0.4, 0.5) is 0 Å². The van der Waals surface area contributed by atoms with E-state index in [0.717, 1.165) is 25.7 Å². The van der Waals surface area contributed by atoms with E-state index in [1.807, 2.05) is 12.2 Å². The van der Waals surface area contributed by atoms with Crippen LogP contribution in [-0.4, -0.2) is 34.2 Å². The topological polar surface area (TPSA) is 52.8 Å². The minimum Gasteiger partial charge on any atom is -0.396 e. The number of aliphatic hydroxyl groups excluding tert-OH is 1. The molecule has 0 spiro atoms. The Kier molecular flexibility index (Phi) is 2.45. The maximum atomic E-state index is 10.5. The molecular weight excluding hydrogens is 178 g/mol. The summed E-state index contributed by atoms with van der Waals surface area (Å²) in [6, 6.07) is 0. The van der Waals surface area contributed by atoms with E-state index < -0.39 is 11.1 Å². The lowest BCUT2D eigenvalue weighted by atomic mass is 9.77. The molecular formula is C11H17NO2. The van der Waals surface area contributed by atoms with Gasteiger partial charge in [-0.2, -0.15) is 0 Å². The lowest BCUT2D eigenvalue weighted by molar-refractivity contribution is -0.0163. The average molecular weight is 195 g/mol. The van der Waals surface area contributed by atoms with Crippen molar-refractivity contribution in [2.45, 2.75) is 43.2 Å². The Labute approximate surface area is 84.2 Å². The number of aliphatic imine (C=N–C) groups is 1. The largest absolute Gasteiger partial charge is 0.396 e. The molecule has 78 valence electrons. The van der Waals surface area contributed by atoms with Crippen LogP contribution in [-0.2, 0) is 0 Å². The molecule has 2 aliphatic rings. The van der Waals surface area contributed by atoms with Gasteiger partial charge in [-0.1, -0.05) is 18.9 Å². The van der Waals surface area contributed by atoms with E-state index in [1.165, 1.54) is 0 Å². The first-order chi connectivity index (χ1) is 6.72. The number of nitrogens with zero attached hydrogens (tertiary/aromatic N) is 1. The lowest BCUT2D eigenvalue weighted by Crippen LogP contribution is -2.49. The predicted octanol–water partition coefficient (Wildman–Crippen LogP) is 1.05. The first-order valence-corrected chi connectivity index (χ1v) is 5.29. The van der Waals surface area contributed by atoms with Gasteiger partial charge in [-0.15, -0.1) is 0 Å². The van der Waals surface area contributed by atoms with Crippen LogP contribution in [0.2, 0.25) is 0 Å². The average Bonchev–Trinajstić information content (AvgIpc) is 2.76. The number of aliphatic hydroxyl groups is 2. The number of hydrogen-bond acceptors (Lipinski definition) is 3. The summed E-state index contributed by atoms with van der Waals surface area (Å²) in [5.74, 6) is 0. The Hall–Kier alpha value is -0.670. The Morgan fingerprint density at radius 3 is 2.50 bits per heavy atom. The van der Waals surface area contributed by atoms with E-state index in [-0.39, 0.29) is 6.61 Å². The highest BCUT2D eigenvalue weighted by atomic mass is 16.3. The van der Waals surface area contributed by atoms with Gasteiger partial charge in [0.05, 0.1) is 5.60 Å². The molecule has 2 N–H and O–H groups in total. The van der Waals surface area contributed by atoms with Gasteiger partial charge in [0.25, 0.3) is 0 Å². The summed E-state index contributed by atoms with van der Waals surface area (Å²) in [6.07, 6.45) is 9.78. The Bertz CT molecular complexity index is 252. The van der Waals surface area contributed by atoms with Crippen molar-refractivity contribution in [3.63, 3.8) is 0 Å². The van der Waals surface area contributed by atoms with E-state index >= 15 is 0 Å². The normalized spacial score (nSPS) is 34.1. The molecule has 0 aromatic carbocycles. The molecule has 1 aliphatic heterocycles. The van der Waals surface area contributed by atoms with Crippen LogP contribution in [0, 0.1) is 0 Å². The second kappa shape index (κ2) is 3.48. The summed E-state index contributed by atoms with van der Waals surface area (Å²) in [5.41, 5.74) is -1.27. The van der Waals surface area contributed by atoms with Crippen LogP contribution in [0.1, 0.15) is 32.1 Å². The van der Waals surface area contributed by atoms with Gasteiger partial charge in [-0.3, -0.25) is 4.99 Å². The van der Waals surface area contributed by atoms with Crippen molar-refractivity contribution in [2.24, 2.45) is 4.99 Å². The molecule has 0 aromatic heterocycles. The van der Waals surface area contributed by atoms with Gasteiger partial charge in [0.2, 0.25) is 0 Å². The Balaban J connectivity index is 2.26. The molecule has 0 amide bonds. The summed E-state index contributed by atoms with van der Waals surface area (Å²) >= 11 is 0. The van der Waals surface area contributed by atoms with Crippen molar-refractivity contribution in [1.82, 2.24) is 0 Å². The Morgan fingerprint density at radius 1 is 1.29 bits per heavy atom. The van der Waals surface area contributed by atoms with Gasteiger partial charge >= 0.3 is 0 Å². The maximum absolute atomic E-state index is 10.5. The van der Waals surface area contributed by atoms with E-state index in [1.54, 1.807) is 6.21 Å². The van der Waals surface area contributed by atoms with Crippen molar-refractivity contribution in [2.75, 3.05) is 6.61 Å². The zero-order valence-corrected chi connectivity index (χ0v) is 8.32. The molecule has 1 aliphatic carbocycles. The molecule has 0 radical (unpaired) electrons. The molecule has 1 unspecified atom stereocenters. The number of hydrogen-bond donors (Lipinski definition) is 2. The molecule has 2 rings (SSSR count). The van der Waals surface area contributed by atoms with E-state index in [2.05, 4.69) is 4.99 Å². The van der Waals surface area contributed by atoms with Gasteiger partial charge in [0.15, 0.2) is 0 Å². The third kappa shape index (κ3) is 1.31. The molecule has 14 heavy (non-hydrogen) atoms. The minimum atomic E-state index is -0.723. The van der Waals surface area contributed by atoms with Crippen molar-refractivity contribution in [3.05, 3.63) is 12.2 Å². The van der Waals surface area contributed by atoms with Gasteiger partial charge in [0.1, 0.15) is 5.54 Å². The fourth-order valence-corrected chi connectivity index (χ4v) is 2.64. The molecule has 3 heteroatoms. The number of allylic oxidation sites excluding steroid dienone is 1. The van der Waals surface area contributed by atoms with Crippen molar-refractivity contribution >= 4 is 6.21 Å². The van der Waals surface area contributed by atoms with Gasteiger partial charge in [-0.05, 0) is 18.9 Å². The summed E-state index contributed by atoms with van der Waals surface area (Å²) in [5, 5.41) is 19.5. The van der Waals surface area contributed by atoms with E-state index in [9.17, 15) is 5.11 Å². The molecule has 1 heterocycles. The summed E-state index contributed by atoms with van der Waals surface area (Å²) in [7, 11) is 0. The lowest BCUT2D eigenvalue weighted by Gasteiger charge is -2.38. The number of rotatable bonds is 3. The molecule has 1 saturated carbocycles. The first kappa shape index (κ1) is 9.87. The fourth-order valence-electron chi connectivity index (χ4n) is 2.64. The van der Waals surface area contributed by atoms with Crippen LogP contribution in [0.15, 0.2) is 17.1 Å². The van der Waals surface area contributed by atoms with E-state index in [4.69, 9.17) is 5.11 Å². The molecule has 3 nitrogen and oxygen atoms in total. The molecule has 0 saturated heterocycles. The quantitative estimate of drug-likeness (QED) is 0.707. The molecule has 1 fully saturated rings. The monoisotopic (exact) mass is 195 g/mol. The second-order valence-electron chi connectivity index (χ2n) is 4.27. The van der Waals surface area contributed by atoms with Crippen LogP contribution in [0.25, 0.3) is 0 Å². The zero-order chi connectivity index (χ0) is 10.1. The summed E-state index contributed by atoms with van der Waals surface area (Å²) in [6.45, 7) is 0.0734. The minimum absolute atomic E-state index is 0.0734. The third-order valence-electron chi connectivity index (χ3n) is 3.49. The van der Waals surface area contributed by atoms with Crippen LogP contribution in [0.5, 0.6) is 0 Å². The van der Waals surface area contributed by atoms with Crippen LogP contribution >= 0.6 is 0 Å². The predicted molar refractivity (Wildman–Crippen MR) is 55.5 cm³/mol. The SMILES string of the molecule is OCCC1(C2(O)CCCC2)C=CC=N1. The summed E-state index contributed by atoms with van der Waals surface area (Å²) in [4.78, 5) is 4.36. The Morgan fingerprint density at radius 2 is 2.00 bits per heavy atom. The zero-order valence-electron chi connectivity index (χ0n) is 8.32. The highest BCUT2D eigenvalue weighted by molar-refractivity contribution is 5.75. The van der Waals surface area contributed by atoms with Crippen LogP contribution < -0.4 is 0 Å². The maximum Gasteiger partial charge on any atom is 0.110 e. The molecule has 0 bridgehead atoms. The highest BCUT2D eigenvalue weighted by Crippen LogP contribution is 2.44.